The Labute approximate surface area is 111 Å². The lowest BCUT2D eigenvalue weighted by atomic mass is 9.77. The van der Waals surface area contributed by atoms with Gasteiger partial charge in [0.15, 0.2) is 0 Å². The van der Waals surface area contributed by atoms with Gasteiger partial charge < -0.3 is 11.5 Å². The van der Waals surface area contributed by atoms with Gasteiger partial charge in [0.25, 0.3) is 0 Å². The van der Waals surface area contributed by atoms with Crippen LogP contribution in [-0.4, -0.2) is 0 Å². The molecule has 0 aliphatic heterocycles. The van der Waals surface area contributed by atoms with Crippen LogP contribution < -0.4 is 11.5 Å². The maximum atomic E-state index is 6.03. The Hall–Kier alpha value is -1.18. The average Bonchev–Trinajstić information content (AvgIpc) is 2.37. The zero-order chi connectivity index (χ0) is 13.0. The van der Waals surface area contributed by atoms with Gasteiger partial charge in [0.05, 0.1) is 0 Å². The number of rotatable bonds is 4. The van der Waals surface area contributed by atoms with Crippen molar-refractivity contribution >= 4 is 11.4 Å². The van der Waals surface area contributed by atoms with Crippen LogP contribution in [0.15, 0.2) is 18.2 Å². The van der Waals surface area contributed by atoms with Crippen LogP contribution in [-0.2, 0) is 6.42 Å². The van der Waals surface area contributed by atoms with Crippen LogP contribution in [0.4, 0.5) is 11.4 Å². The Bertz CT molecular complexity index is 379. The minimum atomic E-state index is 0.808. The first-order chi connectivity index (χ1) is 8.69. The highest BCUT2D eigenvalue weighted by molar-refractivity contribution is 5.55. The fourth-order valence-electron chi connectivity index (χ4n) is 3.25. The Morgan fingerprint density at radius 2 is 1.72 bits per heavy atom. The molecule has 0 aromatic heterocycles. The van der Waals surface area contributed by atoms with Crippen molar-refractivity contribution in [1.82, 2.24) is 0 Å². The molecule has 0 amide bonds. The molecule has 100 valence electrons. The third-order valence-corrected chi connectivity index (χ3v) is 4.34. The van der Waals surface area contributed by atoms with Gasteiger partial charge >= 0.3 is 0 Å². The lowest BCUT2D eigenvalue weighted by Gasteiger charge is -2.28. The second-order valence-corrected chi connectivity index (χ2v) is 5.84. The predicted molar refractivity (Wildman–Crippen MR) is 79.3 cm³/mol. The maximum absolute atomic E-state index is 6.03. The molecule has 1 aromatic carbocycles. The molecule has 0 bridgehead atoms. The summed E-state index contributed by atoms with van der Waals surface area (Å²) in [5, 5.41) is 0. The maximum Gasteiger partial charge on any atom is 0.0348 e. The summed E-state index contributed by atoms with van der Waals surface area (Å²) in [5.41, 5.74) is 14.8. The molecule has 0 unspecified atom stereocenters. The molecule has 4 N–H and O–H groups in total. The van der Waals surface area contributed by atoms with Crippen molar-refractivity contribution in [3.8, 4) is 0 Å². The summed E-state index contributed by atoms with van der Waals surface area (Å²) in [6, 6.07) is 5.87. The number of anilines is 2. The van der Waals surface area contributed by atoms with Crippen molar-refractivity contribution in [1.29, 1.82) is 0 Å². The minimum Gasteiger partial charge on any atom is -0.399 e. The molecule has 0 saturated heterocycles. The molecule has 0 radical (unpaired) electrons. The summed E-state index contributed by atoms with van der Waals surface area (Å²) in [6.45, 7) is 2.29. The topological polar surface area (TPSA) is 52.0 Å². The summed E-state index contributed by atoms with van der Waals surface area (Å²) < 4.78 is 0. The standard InChI is InChI=1S/C16H26N2/c1-2-3-12-4-6-13(7-5-12)10-14-11-15(17)8-9-16(14)18/h8-9,11-13H,2-7,10,17-18H2,1H3. The molecule has 0 atom stereocenters. The Morgan fingerprint density at radius 1 is 1.06 bits per heavy atom. The van der Waals surface area contributed by atoms with E-state index in [1.807, 2.05) is 18.2 Å². The van der Waals surface area contributed by atoms with E-state index in [0.717, 1.165) is 29.6 Å². The van der Waals surface area contributed by atoms with Crippen LogP contribution in [0.25, 0.3) is 0 Å². The summed E-state index contributed by atoms with van der Waals surface area (Å²) in [4.78, 5) is 0. The first kappa shape index (κ1) is 13.3. The first-order valence-electron chi connectivity index (χ1n) is 7.33. The normalized spacial score (nSPS) is 24.1. The highest BCUT2D eigenvalue weighted by Crippen LogP contribution is 2.34. The van der Waals surface area contributed by atoms with Gasteiger partial charge in [-0.05, 0) is 54.9 Å². The lowest BCUT2D eigenvalue weighted by Crippen LogP contribution is -2.16. The van der Waals surface area contributed by atoms with E-state index in [0.29, 0.717) is 0 Å². The quantitative estimate of drug-likeness (QED) is 0.789. The third-order valence-electron chi connectivity index (χ3n) is 4.34. The number of nitrogens with two attached hydrogens (primary N) is 2. The van der Waals surface area contributed by atoms with Gasteiger partial charge in [-0.15, -0.1) is 0 Å². The number of hydrogen-bond acceptors (Lipinski definition) is 2. The zero-order valence-electron chi connectivity index (χ0n) is 11.5. The van der Waals surface area contributed by atoms with E-state index in [2.05, 4.69) is 6.92 Å². The fraction of sp³-hybridized carbons (Fsp3) is 0.625. The molecule has 1 aromatic rings. The van der Waals surface area contributed by atoms with Gasteiger partial charge in [-0.25, -0.2) is 0 Å². The van der Waals surface area contributed by atoms with Crippen molar-refractivity contribution in [2.75, 3.05) is 11.5 Å². The highest BCUT2D eigenvalue weighted by Gasteiger charge is 2.21. The Kier molecular flexibility index (Phi) is 4.51. The molecule has 2 heteroatoms. The van der Waals surface area contributed by atoms with Crippen molar-refractivity contribution in [2.24, 2.45) is 11.8 Å². The molecule has 0 spiro atoms. The van der Waals surface area contributed by atoms with Crippen molar-refractivity contribution in [2.45, 2.75) is 51.9 Å². The van der Waals surface area contributed by atoms with Crippen LogP contribution in [0.2, 0.25) is 0 Å². The predicted octanol–water partition coefficient (Wildman–Crippen LogP) is 4.00. The zero-order valence-corrected chi connectivity index (χ0v) is 11.5. The summed E-state index contributed by atoms with van der Waals surface area (Å²) in [7, 11) is 0. The van der Waals surface area contributed by atoms with Crippen LogP contribution in [0.1, 0.15) is 51.0 Å². The average molecular weight is 246 g/mol. The SMILES string of the molecule is CCCC1CCC(Cc2cc(N)ccc2N)CC1. The monoisotopic (exact) mass is 246 g/mol. The van der Waals surface area contributed by atoms with E-state index in [9.17, 15) is 0 Å². The van der Waals surface area contributed by atoms with Gasteiger partial charge in [0.2, 0.25) is 0 Å². The van der Waals surface area contributed by atoms with Crippen molar-refractivity contribution < 1.29 is 0 Å². The Balaban J connectivity index is 1.89. The molecule has 18 heavy (non-hydrogen) atoms. The molecular formula is C16H26N2. The number of benzene rings is 1. The van der Waals surface area contributed by atoms with E-state index in [1.165, 1.54) is 44.1 Å². The Morgan fingerprint density at radius 3 is 2.39 bits per heavy atom. The van der Waals surface area contributed by atoms with E-state index in [4.69, 9.17) is 11.5 Å². The van der Waals surface area contributed by atoms with Crippen LogP contribution in [0.5, 0.6) is 0 Å². The van der Waals surface area contributed by atoms with Crippen molar-refractivity contribution in [3.05, 3.63) is 23.8 Å². The van der Waals surface area contributed by atoms with Crippen LogP contribution >= 0.6 is 0 Å². The van der Waals surface area contributed by atoms with Gasteiger partial charge in [0, 0.05) is 11.4 Å². The van der Waals surface area contributed by atoms with E-state index in [1.54, 1.807) is 0 Å². The molecule has 1 saturated carbocycles. The van der Waals surface area contributed by atoms with Gasteiger partial charge in [-0.1, -0.05) is 32.6 Å². The van der Waals surface area contributed by atoms with E-state index >= 15 is 0 Å². The van der Waals surface area contributed by atoms with E-state index in [-0.39, 0.29) is 0 Å². The largest absolute Gasteiger partial charge is 0.399 e. The second kappa shape index (κ2) is 6.12. The summed E-state index contributed by atoms with van der Waals surface area (Å²) >= 11 is 0. The van der Waals surface area contributed by atoms with Gasteiger partial charge in [-0.2, -0.15) is 0 Å². The summed E-state index contributed by atoms with van der Waals surface area (Å²) in [5.74, 6) is 1.78. The molecule has 1 aliphatic carbocycles. The lowest BCUT2D eigenvalue weighted by molar-refractivity contribution is 0.261. The van der Waals surface area contributed by atoms with Crippen molar-refractivity contribution in [3.63, 3.8) is 0 Å². The molecule has 1 aliphatic rings. The summed E-state index contributed by atoms with van der Waals surface area (Å²) in [6.07, 6.45) is 9.37. The molecule has 1 fully saturated rings. The first-order valence-corrected chi connectivity index (χ1v) is 7.33. The van der Waals surface area contributed by atoms with Crippen LogP contribution in [0.3, 0.4) is 0 Å². The molecule has 2 nitrogen and oxygen atoms in total. The smallest absolute Gasteiger partial charge is 0.0348 e. The fourth-order valence-corrected chi connectivity index (χ4v) is 3.25. The number of nitrogen functional groups attached to an aromatic ring is 2. The minimum absolute atomic E-state index is 0.808. The second-order valence-electron chi connectivity index (χ2n) is 5.84. The highest BCUT2D eigenvalue weighted by atomic mass is 14.6. The van der Waals surface area contributed by atoms with Gasteiger partial charge in [-0.3, -0.25) is 0 Å². The van der Waals surface area contributed by atoms with E-state index < -0.39 is 0 Å². The van der Waals surface area contributed by atoms with Crippen LogP contribution in [0, 0.1) is 11.8 Å². The molecule has 0 heterocycles. The number of hydrogen-bond donors (Lipinski definition) is 2. The molecule has 2 rings (SSSR count). The third kappa shape index (κ3) is 3.41. The molecular weight excluding hydrogens is 220 g/mol. The van der Waals surface area contributed by atoms with Gasteiger partial charge in [0.1, 0.15) is 0 Å².